The second-order valence-corrected chi connectivity index (χ2v) is 13.1. The topological polar surface area (TPSA) is 87.7 Å². The molecule has 0 saturated carbocycles. The molecular weight excluding hydrogens is 586 g/mol. The van der Waals surface area contributed by atoms with Gasteiger partial charge < -0.3 is 20.3 Å². The van der Waals surface area contributed by atoms with Crippen molar-refractivity contribution in [2.24, 2.45) is 0 Å². The molecule has 0 aliphatic rings. The van der Waals surface area contributed by atoms with E-state index in [0.29, 0.717) is 17.8 Å². The summed E-state index contributed by atoms with van der Waals surface area (Å²) in [5.41, 5.74) is 1.49. The highest BCUT2D eigenvalue weighted by Crippen LogP contribution is 2.27. The Labute approximate surface area is 279 Å². The molecule has 2 N–H and O–H groups in total. The summed E-state index contributed by atoms with van der Waals surface area (Å²) in [5, 5.41) is 8.03. The average Bonchev–Trinajstić information content (AvgIpc) is 3.05. The Kier molecular flexibility index (Phi) is 13.0. The van der Waals surface area contributed by atoms with Crippen molar-refractivity contribution < 1.29 is 19.1 Å². The predicted octanol–water partition coefficient (Wildman–Crippen LogP) is 8.84. The van der Waals surface area contributed by atoms with Crippen molar-refractivity contribution in [2.75, 3.05) is 11.9 Å². The van der Waals surface area contributed by atoms with Gasteiger partial charge in [0.05, 0.1) is 0 Å². The number of amides is 3. The van der Waals surface area contributed by atoms with Gasteiger partial charge in [0.1, 0.15) is 17.7 Å². The van der Waals surface area contributed by atoms with Crippen LogP contribution < -0.4 is 10.6 Å². The zero-order chi connectivity index (χ0) is 33.6. The predicted molar refractivity (Wildman–Crippen MR) is 190 cm³/mol. The first-order chi connectivity index (χ1) is 22.6. The number of benzene rings is 4. The molecule has 0 fully saturated rings. The molecule has 7 nitrogen and oxygen atoms in total. The molecule has 47 heavy (non-hydrogen) atoms. The third kappa shape index (κ3) is 11.0. The van der Waals surface area contributed by atoms with Gasteiger partial charge in [-0.15, -0.1) is 0 Å². The first kappa shape index (κ1) is 35.2. The number of anilines is 1. The molecule has 2 unspecified atom stereocenters. The number of fused-ring (bicyclic) bond motifs is 1. The smallest absolute Gasteiger partial charge is 0.408 e. The monoisotopic (exact) mass is 635 g/mol. The van der Waals surface area contributed by atoms with E-state index in [4.69, 9.17) is 4.74 Å². The van der Waals surface area contributed by atoms with Crippen LogP contribution in [0.5, 0.6) is 0 Å². The lowest BCUT2D eigenvalue weighted by Gasteiger charge is -2.34. The van der Waals surface area contributed by atoms with E-state index in [1.54, 1.807) is 25.7 Å². The van der Waals surface area contributed by atoms with Crippen molar-refractivity contribution in [1.29, 1.82) is 0 Å². The van der Waals surface area contributed by atoms with Gasteiger partial charge in [0.2, 0.25) is 5.91 Å². The first-order valence-electron chi connectivity index (χ1n) is 16.8. The molecule has 0 saturated heterocycles. The fraction of sp³-hybridized carbons (Fsp3) is 0.375. The minimum Gasteiger partial charge on any atom is -0.444 e. The molecule has 0 radical (unpaired) electrons. The minimum absolute atomic E-state index is 0.250. The summed E-state index contributed by atoms with van der Waals surface area (Å²) in [6.45, 7) is 7.90. The van der Waals surface area contributed by atoms with Gasteiger partial charge in [-0.25, -0.2) is 4.79 Å². The number of rotatable bonds is 15. The van der Waals surface area contributed by atoms with Crippen LogP contribution in [0.3, 0.4) is 0 Å². The van der Waals surface area contributed by atoms with Crippen molar-refractivity contribution in [3.05, 3.63) is 114 Å². The average molecular weight is 636 g/mol. The molecule has 7 heteroatoms. The molecule has 3 amide bonds. The molecule has 4 rings (SSSR count). The zero-order valence-electron chi connectivity index (χ0n) is 28.2. The van der Waals surface area contributed by atoms with Gasteiger partial charge in [-0.3, -0.25) is 9.59 Å². The molecule has 0 bridgehead atoms. The normalized spacial score (nSPS) is 12.6. The van der Waals surface area contributed by atoms with E-state index < -0.39 is 23.8 Å². The quantitative estimate of drug-likeness (QED) is 0.128. The Morgan fingerprint density at radius 2 is 1.36 bits per heavy atom. The highest BCUT2D eigenvalue weighted by molar-refractivity contribution is 6.00. The summed E-state index contributed by atoms with van der Waals surface area (Å²) < 4.78 is 5.58. The van der Waals surface area contributed by atoms with Gasteiger partial charge in [-0.1, -0.05) is 130 Å². The van der Waals surface area contributed by atoms with Gasteiger partial charge in [0, 0.05) is 18.7 Å². The lowest BCUT2D eigenvalue weighted by Crippen LogP contribution is -2.53. The number of nitrogens with zero attached hydrogens (tertiary/aromatic N) is 1. The van der Waals surface area contributed by atoms with E-state index in [9.17, 15) is 14.4 Å². The van der Waals surface area contributed by atoms with Crippen LogP contribution in [0.1, 0.15) is 83.4 Å². The van der Waals surface area contributed by atoms with Crippen molar-refractivity contribution in [2.45, 2.75) is 90.3 Å². The van der Waals surface area contributed by atoms with Crippen LogP contribution in [0.15, 0.2) is 103 Å². The van der Waals surface area contributed by atoms with Gasteiger partial charge in [0.25, 0.3) is 5.91 Å². The zero-order valence-corrected chi connectivity index (χ0v) is 28.2. The molecule has 2 atom stereocenters. The van der Waals surface area contributed by atoms with E-state index >= 15 is 0 Å². The maximum absolute atomic E-state index is 14.7. The number of carbonyl (C=O) groups excluding carboxylic acids is 3. The van der Waals surface area contributed by atoms with E-state index in [2.05, 4.69) is 17.6 Å². The molecule has 4 aromatic carbocycles. The third-order valence-electron chi connectivity index (χ3n) is 8.00. The van der Waals surface area contributed by atoms with Crippen molar-refractivity contribution >= 4 is 34.4 Å². The molecule has 0 aromatic heterocycles. The number of alkyl carbamates (subject to hydrolysis) is 1. The fourth-order valence-corrected chi connectivity index (χ4v) is 5.71. The Morgan fingerprint density at radius 1 is 0.745 bits per heavy atom. The minimum atomic E-state index is -0.952. The third-order valence-corrected chi connectivity index (χ3v) is 8.00. The van der Waals surface area contributed by atoms with Crippen molar-refractivity contribution in [1.82, 2.24) is 10.2 Å². The number of carbonyl (C=O) groups is 3. The molecule has 0 aliphatic heterocycles. The Balaban J connectivity index is 1.70. The van der Waals surface area contributed by atoms with Gasteiger partial charge in [-0.05, 0) is 61.2 Å². The summed E-state index contributed by atoms with van der Waals surface area (Å²) in [5.74, 6) is -0.655. The van der Waals surface area contributed by atoms with Gasteiger partial charge in [0.15, 0.2) is 0 Å². The maximum atomic E-state index is 14.7. The lowest BCUT2D eigenvalue weighted by atomic mass is 9.99. The van der Waals surface area contributed by atoms with Crippen molar-refractivity contribution in [3.63, 3.8) is 0 Å². The number of ether oxygens (including phenoxy) is 1. The Morgan fingerprint density at radius 3 is 2.04 bits per heavy atom. The molecule has 0 heterocycles. The van der Waals surface area contributed by atoms with Crippen LogP contribution in [0, 0.1) is 0 Å². The highest BCUT2D eigenvalue weighted by atomic mass is 16.6. The molecule has 0 aliphatic carbocycles. The molecule has 248 valence electrons. The number of hydrogen-bond acceptors (Lipinski definition) is 4. The fourth-order valence-electron chi connectivity index (χ4n) is 5.71. The van der Waals surface area contributed by atoms with Crippen molar-refractivity contribution in [3.8, 4) is 0 Å². The molecule has 4 aromatic rings. The standard InChI is InChI=1S/C40H49N3O4/c1-5-6-7-8-9-18-27-43(38(45)35(28-30-19-12-10-13-20-30)42-39(46)47-40(2,3)4)36(32-22-14-11-15-23-32)37(44)41-34-26-25-31-21-16-17-24-33(31)29-34/h10-17,19-26,29,35-36H,5-9,18,27-28H2,1-4H3,(H,41,44)(H,42,46). The van der Waals surface area contributed by atoms with Gasteiger partial charge >= 0.3 is 6.09 Å². The van der Waals surface area contributed by atoms with E-state index in [-0.39, 0.29) is 18.2 Å². The second kappa shape index (κ2) is 17.3. The van der Waals surface area contributed by atoms with Crippen LogP contribution in [0.25, 0.3) is 10.8 Å². The maximum Gasteiger partial charge on any atom is 0.408 e. The SMILES string of the molecule is CCCCCCCCN(C(=O)C(Cc1ccccc1)NC(=O)OC(C)(C)C)C(C(=O)Nc1ccc2ccccc2c1)c1ccccc1. The number of hydrogen-bond donors (Lipinski definition) is 2. The molecule has 0 spiro atoms. The molecular formula is C40H49N3O4. The second-order valence-electron chi connectivity index (χ2n) is 13.1. The van der Waals surface area contributed by atoms with E-state index in [1.165, 1.54) is 6.42 Å². The summed E-state index contributed by atoms with van der Waals surface area (Å²) >= 11 is 0. The van der Waals surface area contributed by atoms with E-state index in [0.717, 1.165) is 48.4 Å². The summed E-state index contributed by atoms with van der Waals surface area (Å²) in [6.07, 6.45) is 5.73. The van der Waals surface area contributed by atoms with Crippen LogP contribution in [0.4, 0.5) is 10.5 Å². The summed E-state index contributed by atoms with van der Waals surface area (Å²) in [4.78, 5) is 43.8. The summed E-state index contributed by atoms with van der Waals surface area (Å²) in [6, 6.07) is 30.9. The van der Waals surface area contributed by atoms with Crippen LogP contribution >= 0.6 is 0 Å². The van der Waals surface area contributed by atoms with Crippen LogP contribution in [-0.4, -0.2) is 41.0 Å². The number of unbranched alkanes of at least 4 members (excludes halogenated alkanes) is 5. The van der Waals surface area contributed by atoms with Crippen LogP contribution in [-0.2, 0) is 20.7 Å². The van der Waals surface area contributed by atoms with E-state index in [1.807, 2.05) is 103 Å². The number of nitrogens with one attached hydrogen (secondary N) is 2. The first-order valence-corrected chi connectivity index (χ1v) is 16.8. The largest absolute Gasteiger partial charge is 0.444 e. The summed E-state index contributed by atoms with van der Waals surface area (Å²) in [7, 11) is 0. The van der Waals surface area contributed by atoms with Crippen LogP contribution in [0.2, 0.25) is 0 Å². The van der Waals surface area contributed by atoms with Gasteiger partial charge in [-0.2, -0.15) is 0 Å². The Bertz CT molecular complexity index is 1580. The lowest BCUT2D eigenvalue weighted by molar-refractivity contribution is -0.140. The highest BCUT2D eigenvalue weighted by Gasteiger charge is 2.36. The Hall–Kier alpha value is -4.65.